The van der Waals surface area contributed by atoms with Gasteiger partial charge in [0.1, 0.15) is 0 Å². The van der Waals surface area contributed by atoms with Crippen molar-refractivity contribution in [2.45, 2.75) is 45.6 Å². The second-order valence-electron chi connectivity index (χ2n) is 4.08. The average Bonchev–Trinajstić information content (AvgIpc) is 2.33. The van der Waals surface area contributed by atoms with Crippen LogP contribution in [0.15, 0.2) is 30.3 Å². The van der Waals surface area contributed by atoms with Gasteiger partial charge in [0.2, 0.25) is 0 Å². The first-order valence-electron chi connectivity index (χ1n) is 6.09. The molecule has 0 aromatic heterocycles. The van der Waals surface area contributed by atoms with Gasteiger partial charge in [-0.05, 0) is 31.4 Å². The highest BCUT2D eigenvalue weighted by atomic mass is 15.0. The lowest BCUT2D eigenvalue weighted by atomic mass is 9.84. The van der Waals surface area contributed by atoms with Crippen molar-refractivity contribution >= 4 is 0 Å². The molecule has 0 spiro atoms. The van der Waals surface area contributed by atoms with Crippen LogP contribution in [0, 0.1) is 0 Å². The van der Waals surface area contributed by atoms with E-state index in [2.05, 4.69) is 56.4 Å². The lowest BCUT2D eigenvalue weighted by Gasteiger charge is -2.33. The van der Waals surface area contributed by atoms with Crippen molar-refractivity contribution in [2.75, 3.05) is 6.54 Å². The van der Waals surface area contributed by atoms with Gasteiger partial charge in [0.05, 0.1) is 0 Å². The maximum absolute atomic E-state index is 3.70. The molecular formula is C14H23N. The van der Waals surface area contributed by atoms with E-state index in [0.717, 1.165) is 19.4 Å². The van der Waals surface area contributed by atoms with Crippen LogP contribution in [0.5, 0.6) is 0 Å². The summed E-state index contributed by atoms with van der Waals surface area (Å²) in [6, 6.07) is 10.8. The maximum atomic E-state index is 3.70. The fraction of sp³-hybridized carbons (Fsp3) is 0.571. The Balaban J connectivity index is 2.89. The molecule has 0 saturated heterocycles. The van der Waals surface area contributed by atoms with Crippen LogP contribution in [0.3, 0.4) is 0 Å². The highest BCUT2D eigenvalue weighted by Crippen LogP contribution is 2.28. The van der Waals surface area contributed by atoms with E-state index in [1.165, 1.54) is 12.0 Å². The summed E-state index contributed by atoms with van der Waals surface area (Å²) in [5.41, 5.74) is 1.60. The molecule has 15 heavy (non-hydrogen) atoms. The van der Waals surface area contributed by atoms with Gasteiger partial charge >= 0.3 is 0 Å². The Labute approximate surface area is 93.9 Å². The van der Waals surface area contributed by atoms with Gasteiger partial charge in [-0.15, -0.1) is 0 Å². The third-order valence-electron chi connectivity index (χ3n) is 3.25. The molecule has 1 heteroatoms. The van der Waals surface area contributed by atoms with Gasteiger partial charge in [-0.25, -0.2) is 0 Å². The first-order valence-corrected chi connectivity index (χ1v) is 6.09. The van der Waals surface area contributed by atoms with Crippen molar-refractivity contribution in [3.8, 4) is 0 Å². The molecule has 1 aromatic carbocycles. The predicted molar refractivity (Wildman–Crippen MR) is 67.0 cm³/mol. The Morgan fingerprint density at radius 2 is 1.60 bits per heavy atom. The summed E-state index contributed by atoms with van der Waals surface area (Å²) in [5, 5.41) is 3.70. The molecule has 84 valence electrons. The van der Waals surface area contributed by atoms with E-state index in [9.17, 15) is 0 Å². The standard InChI is InChI=1S/C14H23N/c1-4-12-15-14(5-2,6-3)13-10-8-7-9-11-13/h7-11,15H,4-6,12H2,1-3H3. The van der Waals surface area contributed by atoms with Crippen LogP contribution in [0.1, 0.15) is 45.6 Å². The minimum Gasteiger partial charge on any atom is -0.307 e. The molecule has 0 fully saturated rings. The summed E-state index contributed by atoms with van der Waals surface area (Å²) in [4.78, 5) is 0. The van der Waals surface area contributed by atoms with Gasteiger partial charge in [-0.2, -0.15) is 0 Å². The molecule has 0 bridgehead atoms. The van der Waals surface area contributed by atoms with E-state index < -0.39 is 0 Å². The fourth-order valence-corrected chi connectivity index (χ4v) is 2.13. The predicted octanol–water partition coefficient (Wildman–Crippen LogP) is 3.70. The Kier molecular flexibility index (Phi) is 4.83. The summed E-state index contributed by atoms with van der Waals surface area (Å²) in [6.07, 6.45) is 3.48. The SMILES string of the molecule is CCCNC(CC)(CC)c1ccccc1. The van der Waals surface area contributed by atoms with Crippen molar-refractivity contribution in [1.29, 1.82) is 0 Å². The van der Waals surface area contributed by atoms with Crippen molar-refractivity contribution in [3.63, 3.8) is 0 Å². The largest absolute Gasteiger partial charge is 0.307 e. The Morgan fingerprint density at radius 3 is 2.07 bits per heavy atom. The molecule has 0 saturated carbocycles. The van der Waals surface area contributed by atoms with E-state index in [1.807, 2.05) is 0 Å². The molecule has 0 aliphatic heterocycles. The van der Waals surface area contributed by atoms with Crippen LogP contribution in [0.2, 0.25) is 0 Å². The molecule has 1 aromatic rings. The highest BCUT2D eigenvalue weighted by Gasteiger charge is 2.26. The zero-order chi connectivity index (χ0) is 11.1. The van der Waals surface area contributed by atoms with Crippen LogP contribution in [-0.4, -0.2) is 6.54 Å². The molecule has 0 atom stereocenters. The molecule has 1 nitrogen and oxygen atoms in total. The van der Waals surface area contributed by atoms with Gasteiger partial charge in [0, 0.05) is 5.54 Å². The molecule has 1 rings (SSSR count). The molecule has 0 heterocycles. The third kappa shape index (κ3) is 2.82. The monoisotopic (exact) mass is 205 g/mol. The zero-order valence-corrected chi connectivity index (χ0v) is 10.2. The smallest absolute Gasteiger partial charge is 0.0429 e. The van der Waals surface area contributed by atoms with Gasteiger partial charge in [-0.1, -0.05) is 51.1 Å². The van der Waals surface area contributed by atoms with E-state index in [0.29, 0.717) is 0 Å². The van der Waals surface area contributed by atoms with Crippen LogP contribution < -0.4 is 5.32 Å². The molecule has 0 amide bonds. The molecule has 0 aliphatic rings. The first kappa shape index (κ1) is 12.3. The van der Waals surface area contributed by atoms with Crippen molar-refractivity contribution < 1.29 is 0 Å². The van der Waals surface area contributed by atoms with Gasteiger partial charge in [0.15, 0.2) is 0 Å². The second kappa shape index (κ2) is 5.92. The summed E-state index contributed by atoms with van der Waals surface area (Å²) < 4.78 is 0. The summed E-state index contributed by atoms with van der Waals surface area (Å²) in [5.74, 6) is 0. The first-order chi connectivity index (χ1) is 7.29. The second-order valence-corrected chi connectivity index (χ2v) is 4.08. The lowest BCUT2D eigenvalue weighted by molar-refractivity contribution is 0.309. The fourth-order valence-electron chi connectivity index (χ4n) is 2.13. The number of hydrogen-bond donors (Lipinski definition) is 1. The summed E-state index contributed by atoms with van der Waals surface area (Å²) in [6.45, 7) is 7.84. The van der Waals surface area contributed by atoms with E-state index >= 15 is 0 Å². The zero-order valence-electron chi connectivity index (χ0n) is 10.2. The van der Waals surface area contributed by atoms with Crippen LogP contribution >= 0.6 is 0 Å². The molecule has 0 unspecified atom stereocenters. The molecule has 1 N–H and O–H groups in total. The quantitative estimate of drug-likeness (QED) is 0.746. The van der Waals surface area contributed by atoms with Crippen LogP contribution in [-0.2, 0) is 5.54 Å². The summed E-state index contributed by atoms with van der Waals surface area (Å²) in [7, 11) is 0. The minimum absolute atomic E-state index is 0.178. The molecular weight excluding hydrogens is 182 g/mol. The number of rotatable bonds is 6. The molecule has 0 aliphatic carbocycles. The van der Waals surface area contributed by atoms with Gasteiger partial charge in [-0.3, -0.25) is 0 Å². The number of nitrogens with one attached hydrogen (secondary N) is 1. The number of hydrogen-bond acceptors (Lipinski definition) is 1. The maximum Gasteiger partial charge on any atom is 0.0429 e. The normalized spacial score (nSPS) is 11.7. The topological polar surface area (TPSA) is 12.0 Å². The van der Waals surface area contributed by atoms with E-state index in [4.69, 9.17) is 0 Å². The van der Waals surface area contributed by atoms with E-state index in [-0.39, 0.29) is 5.54 Å². The minimum atomic E-state index is 0.178. The third-order valence-corrected chi connectivity index (χ3v) is 3.25. The van der Waals surface area contributed by atoms with Crippen LogP contribution in [0.25, 0.3) is 0 Å². The molecule has 0 radical (unpaired) electrons. The highest BCUT2D eigenvalue weighted by molar-refractivity contribution is 5.24. The number of benzene rings is 1. The van der Waals surface area contributed by atoms with Crippen molar-refractivity contribution in [2.24, 2.45) is 0 Å². The Hall–Kier alpha value is -0.820. The Morgan fingerprint density at radius 1 is 1.00 bits per heavy atom. The van der Waals surface area contributed by atoms with Gasteiger partial charge < -0.3 is 5.32 Å². The van der Waals surface area contributed by atoms with Crippen molar-refractivity contribution in [1.82, 2.24) is 5.32 Å². The lowest BCUT2D eigenvalue weighted by Crippen LogP contribution is -2.41. The van der Waals surface area contributed by atoms with Crippen molar-refractivity contribution in [3.05, 3.63) is 35.9 Å². The van der Waals surface area contributed by atoms with E-state index in [1.54, 1.807) is 0 Å². The van der Waals surface area contributed by atoms with Gasteiger partial charge in [0.25, 0.3) is 0 Å². The average molecular weight is 205 g/mol. The van der Waals surface area contributed by atoms with Crippen LogP contribution in [0.4, 0.5) is 0 Å². The summed E-state index contributed by atoms with van der Waals surface area (Å²) >= 11 is 0. The Bertz CT molecular complexity index is 262.